The number of rotatable bonds is 1. The summed E-state index contributed by atoms with van der Waals surface area (Å²) in [6, 6.07) is 7.47. The number of aromatic nitrogens is 4. The lowest BCUT2D eigenvalue weighted by atomic mass is 9.95. The van der Waals surface area contributed by atoms with Crippen molar-refractivity contribution >= 4 is 28.5 Å². The van der Waals surface area contributed by atoms with Crippen LogP contribution in [-0.2, 0) is 5.41 Å². The first kappa shape index (κ1) is 13.8. The molecule has 0 radical (unpaired) electrons. The Morgan fingerprint density at radius 2 is 1.76 bits per heavy atom. The Morgan fingerprint density at radius 3 is 2.38 bits per heavy atom. The number of aromatic amines is 1. The third kappa shape index (κ3) is 2.45. The third-order valence-corrected chi connectivity index (χ3v) is 3.50. The van der Waals surface area contributed by atoms with Gasteiger partial charge in [0.15, 0.2) is 5.65 Å². The number of hydrogen-bond donors (Lipinski definition) is 2. The smallest absolute Gasteiger partial charge is 0.187 e. The molecular formula is C15H16ClN5. The summed E-state index contributed by atoms with van der Waals surface area (Å²) >= 11 is 5.92. The quantitative estimate of drug-likeness (QED) is 0.720. The maximum atomic E-state index is 6.13. The zero-order valence-electron chi connectivity index (χ0n) is 12.1. The maximum absolute atomic E-state index is 6.13. The van der Waals surface area contributed by atoms with Crippen LogP contribution in [0.2, 0.25) is 5.02 Å². The molecule has 2 heterocycles. The predicted molar refractivity (Wildman–Crippen MR) is 85.2 cm³/mol. The Hall–Kier alpha value is -2.14. The van der Waals surface area contributed by atoms with Crippen molar-refractivity contribution in [3.63, 3.8) is 0 Å². The normalized spacial score (nSPS) is 12.0. The molecule has 0 saturated heterocycles. The second-order valence-electron chi connectivity index (χ2n) is 5.99. The van der Waals surface area contributed by atoms with Gasteiger partial charge in [-0.15, -0.1) is 0 Å². The number of nitrogens with two attached hydrogens (primary N) is 1. The van der Waals surface area contributed by atoms with Gasteiger partial charge in [-0.05, 0) is 12.1 Å². The Bertz CT molecular complexity index is 799. The van der Waals surface area contributed by atoms with Crippen LogP contribution < -0.4 is 5.73 Å². The first-order valence-corrected chi connectivity index (χ1v) is 7.02. The topological polar surface area (TPSA) is 80.5 Å². The Morgan fingerprint density at radius 1 is 1.10 bits per heavy atom. The Labute approximate surface area is 127 Å². The van der Waals surface area contributed by atoms with Crippen LogP contribution in [0.5, 0.6) is 0 Å². The monoisotopic (exact) mass is 301 g/mol. The molecule has 0 amide bonds. The predicted octanol–water partition coefficient (Wildman–Crippen LogP) is 3.55. The lowest BCUT2D eigenvalue weighted by molar-refractivity contribution is 0.549. The maximum Gasteiger partial charge on any atom is 0.187 e. The number of nitrogen functional groups attached to an aromatic ring is 1. The van der Waals surface area contributed by atoms with Crippen LogP contribution in [0.25, 0.3) is 22.3 Å². The fraction of sp³-hybridized carbons (Fsp3) is 0.267. The molecular weight excluding hydrogens is 286 g/mol. The highest BCUT2D eigenvalue weighted by Gasteiger charge is 2.21. The molecule has 21 heavy (non-hydrogen) atoms. The van der Waals surface area contributed by atoms with E-state index in [9.17, 15) is 0 Å². The number of anilines is 1. The first-order chi connectivity index (χ1) is 9.86. The summed E-state index contributed by atoms with van der Waals surface area (Å²) in [5.74, 6) is 1.12. The molecule has 0 unspecified atom stereocenters. The number of nitrogens with one attached hydrogen (secondary N) is 1. The molecule has 1 aromatic carbocycles. The highest BCUT2D eigenvalue weighted by Crippen LogP contribution is 2.31. The van der Waals surface area contributed by atoms with E-state index in [4.69, 9.17) is 17.3 Å². The highest BCUT2D eigenvalue weighted by atomic mass is 35.5. The van der Waals surface area contributed by atoms with Gasteiger partial charge in [-0.2, -0.15) is 5.10 Å². The number of benzene rings is 1. The fourth-order valence-corrected chi connectivity index (χ4v) is 2.24. The van der Waals surface area contributed by atoms with Crippen molar-refractivity contribution in [2.45, 2.75) is 26.2 Å². The van der Waals surface area contributed by atoms with Crippen LogP contribution >= 0.6 is 11.6 Å². The van der Waals surface area contributed by atoms with Gasteiger partial charge in [0.2, 0.25) is 0 Å². The van der Waals surface area contributed by atoms with Gasteiger partial charge in [0.1, 0.15) is 11.6 Å². The van der Waals surface area contributed by atoms with Gasteiger partial charge >= 0.3 is 0 Å². The van der Waals surface area contributed by atoms with Gasteiger partial charge in [-0.3, -0.25) is 5.10 Å². The molecule has 0 aliphatic carbocycles. The van der Waals surface area contributed by atoms with E-state index >= 15 is 0 Å². The lowest BCUT2D eigenvalue weighted by Gasteiger charge is -2.16. The van der Waals surface area contributed by atoms with Crippen LogP contribution in [0.15, 0.2) is 24.3 Å². The molecule has 0 aliphatic heterocycles. The summed E-state index contributed by atoms with van der Waals surface area (Å²) in [6.45, 7) is 6.13. The van der Waals surface area contributed by atoms with Gasteiger partial charge < -0.3 is 5.73 Å². The van der Waals surface area contributed by atoms with E-state index in [1.807, 2.05) is 45.0 Å². The van der Waals surface area contributed by atoms with Gasteiger partial charge in [0, 0.05) is 16.0 Å². The van der Waals surface area contributed by atoms with E-state index in [1.165, 1.54) is 0 Å². The summed E-state index contributed by atoms with van der Waals surface area (Å²) in [5, 5.41) is 8.68. The minimum Gasteiger partial charge on any atom is -0.383 e. The molecule has 108 valence electrons. The minimum atomic E-state index is -0.179. The third-order valence-electron chi connectivity index (χ3n) is 3.25. The molecule has 5 nitrogen and oxygen atoms in total. The summed E-state index contributed by atoms with van der Waals surface area (Å²) in [7, 11) is 0. The molecule has 0 aliphatic rings. The Kier molecular flexibility index (Phi) is 3.10. The van der Waals surface area contributed by atoms with E-state index in [0.717, 1.165) is 16.6 Å². The number of halogens is 1. The SMILES string of the molecule is CC(C)(C)c1nc(N)c2c(-c3ccc(Cl)cc3)[nH]nc2n1. The van der Waals surface area contributed by atoms with Crippen LogP contribution in [0.4, 0.5) is 5.82 Å². The molecule has 0 spiro atoms. The van der Waals surface area contributed by atoms with E-state index in [2.05, 4.69) is 20.2 Å². The molecule has 0 atom stereocenters. The molecule has 0 fully saturated rings. The van der Waals surface area contributed by atoms with Crippen molar-refractivity contribution in [2.75, 3.05) is 5.73 Å². The molecule has 3 rings (SSSR count). The average molecular weight is 302 g/mol. The van der Waals surface area contributed by atoms with Crippen LogP contribution in [0.1, 0.15) is 26.6 Å². The van der Waals surface area contributed by atoms with E-state index in [-0.39, 0.29) is 5.41 Å². The number of hydrogen-bond acceptors (Lipinski definition) is 4. The minimum absolute atomic E-state index is 0.179. The van der Waals surface area contributed by atoms with Crippen molar-refractivity contribution in [1.29, 1.82) is 0 Å². The zero-order chi connectivity index (χ0) is 15.2. The van der Waals surface area contributed by atoms with Crippen molar-refractivity contribution in [2.24, 2.45) is 0 Å². The molecule has 6 heteroatoms. The molecule has 2 aromatic heterocycles. The van der Waals surface area contributed by atoms with Gasteiger partial charge in [-0.1, -0.05) is 44.5 Å². The van der Waals surface area contributed by atoms with Gasteiger partial charge in [0.25, 0.3) is 0 Å². The number of fused-ring (bicyclic) bond motifs is 1. The number of H-pyrrole nitrogens is 1. The van der Waals surface area contributed by atoms with Crippen molar-refractivity contribution in [3.05, 3.63) is 35.1 Å². The molecule has 3 aromatic rings. The summed E-state index contributed by atoms with van der Waals surface area (Å²) in [5.41, 5.74) is 8.28. The first-order valence-electron chi connectivity index (χ1n) is 6.64. The van der Waals surface area contributed by atoms with Crippen LogP contribution in [-0.4, -0.2) is 20.2 Å². The lowest BCUT2D eigenvalue weighted by Crippen LogP contribution is -2.17. The van der Waals surface area contributed by atoms with Crippen LogP contribution in [0, 0.1) is 0 Å². The van der Waals surface area contributed by atoms with Crippen LogP contribution in [0.3, 0.4) is 0 Å². The largest absolute Gasteiger partial charge is 0.383 e. The summed E-state index contributed by atoms with van der Waals surface area (Å²) in [4.78, 5) is 8.94. The molecule has 0 bridgehead atoms. The number of nitrogens with zero attached hydrogens (tertiary/aromatic N) is 3. The van der Waals surface area contributed by atoms with Crippen molar-refractivity contribution < 1.29 is 0 Å². The van der Waals surface area contributed by atoms with Crippen molar-refractivity contribution in [1.82, 2.24) is 20.2 Å². The second-order valence-corrected chi connectivity index (χ2v) is 6.42. The average Bonchev–Trinajstić information content (AvgIpc) is 2.83. The highest BCUT2D eigenvalue weighted by molar-refractivity contribution is 6.30. The zero-order valence-corrected chi connectivity index (χ0v) is 12.9. The van der Waals surface area contributed by atoms with Gasteiger partial charge in [0.05, 0.1) is 11.1 Å². The Balaban J connectivity index is 2.21. The summed E-state index contributed by atoms with van der Waals surface area (Å²) < 4.78 is 0. The van der Waals surface area contributed by atoms with Crippen molar-refractivity contribution in [3.8, 4) is 11.3 Å². The second kappa shape index (κ2) is 4.70. The van der Waals surface area contributed by atoms with E-state index < -0.39 is 0 Å². The molecule has 3 N–H and O–H groups in total. The van der Waals surface area contributed by atoms with E-state index in [1.54, 1.807) is 0 Å². The van der Waals surface area contributed by atoms with Gasteiger partial charge in [-0.25, -0.2) is 9.97 Å². The fourth-order valence-electron chi connectivity index (χ4n) is 2.11. The van der Waals surface area contributed by atoms with E-state index in [0.29, 0.717) is 22.3 Å². The summed E-state index contributed by atoms with van der Waals surface area (Å²) in [6.07, 6.45) is 0. The standard InChI is InChI=1S/C15H16ClN5/c1-15(2,3)14-18-12(17)10-11(20-21-13(10)19-14)8-4-6-9(16)7-5-8/h4-7H,1-3H3,(H3,17,18,19,20,21). The molecule has 0 saturated carbocycles.